The summed E-state index contributed by atoms with van der Waals surface area (Å²) in [7, 11) is 1.54. The van der Waals surface area contributed by atoms with E-state index in [-0.39, 0.29) is 11.6 Å². The van der Waals surface area contributed by atoms with Crippen LogP contribution in [-0.4, -0.2) is 29.4 Å². The summed E-state index contributed by atoms with van der Waals surface area (Å²) in [5.41, 5.74) is 1.52. The fraction of sp³-hybridized carbons (Fsp3) is 0.190. The minimum atomic E-state index is -0.609. The van der Waals surface area contributed by atoms with Gasteiger partial charge in [-0.05, 0) is 38.1 Å². The van der Waals surface area contributed by atoms with Gasteiger partial charge in [0, 0.05) is 11.8 Å². The van der Waals surface area contributed by atoms with Crippen LogP contribution in [0.25, 0.3) is 5.69 Å². The van der Waals surface area contributed by atoms with Crippen molar-refractivity contribution < 1.29 is 14.3 Å². The van der Waals surface area contributed by atoms with E-state index in [9.17, 15) is 9.59 Å². The Hall–Kier alpha value is -3.61. The van der Waals surface area contributed by atoms with E-state index in [1.807, 2.05) is 38.1 Å². The molecule has 1 heterocycles. The van der Waals surface area contributed by atoms with Crippen LogP contribution in [0.2, 0.25) is 0 Å². The van der Waals surface area contributed by atoms with E-state index >= 15 is 0 Å². The van der Waals surface area contributed by atoms with E-state index in [4.69, 9.17) is 9.47 Å². The van der Waals surface area contributed by atoms with Gasteiger partial charge in [-0.1, -0.05) is 23.8 Å². The van der Waals surface area contributed by atoms with Crippen LogP contribution in [0.4, 0.5) is 5.69 Å². The second kappa shape index (κ2) is 8.39. The van der Waals surface area contributed by atoms with Crippen LogP contribution in [0, 0.1) is 6.92 Å². The van der Waals surface area contributed by atoms with Crippen LogP contribution in [0.3, 0.4) is 0 Å². The number of anilines is 1. The predicted molar refractivity (Wildman–Crippen MR) is 107 cm³/mol. The zero-order valence-electron chi connectivity index (χ0n) is 15.9. The Morgan fingerprint density at radius 2 is 1.89 bits per heavy atom. The van der Waals surface area contributed by atoms with Crippen molar-refractivity contribution in [3.05, 3.63) is 76.1 Å². The van der Waals surface area contributed by atoms with Crippen LogP contribution < -0.4 is 20.2 Å². The van der Waals surface area contributed by atoms with E-state index < -0.39 is 11.3 Å². The number of aryl methyl sites for hydroxylation is 1. The highest BCUT2D eigenvalue weighted by atomic mass is 16.5. The van der Waals surface area contributed by atoms with Crippen molar-refractivity contribution in [3.63, 3.8) is 0 Å². The first-order valence-electron chi connectivity index (χ1n) is 8.81. The van der Waals surface area contributed by atoms with Gasteiger partial charge in [-0.2, -0.15) is 5.10 Å². The second-order valence-corrected chi connectivity index (χ2v) is 6.06. The molecule has 0 saturated heterocycles. The van der Waals surface area contributed by atoms with E-state index in [0.29, 0.717) is 23.7 Å². The summed E-state index contributed by atoms with van der Waals surface area (Å²) in [6.07, 6.45) is 0. The summed E-state index contributed by atoms with van der Waals surface area (Å²) in [4.78, 5) is 25.1. The molecule has 0 fully saturated rings. The van der Waals surface area contributed by atoms with Gasteiger partial charge in [0.05, 0.1) is 25.5 Å². The van der Waals surface area contributed by atoms with Crippen LogP contribution in [0.1, 0.15) is 23.0 Å². The molecular formula is C21H21N3O4. The zero-order chi connectivity index (χ0) is 20.1. The summed E-state index contributed by atoms with van der Waals surface area (Å²) >= 11 is 0. The van der Waals surface area contributed by atoms with E-state index in [2.05, 4.69) is 10.4 Å². The maximum Gasteiger partial charge on any atom is 0.280 e. The van der Waals surface area contributed by atoms with Gasteiger partial charge in [0.2, 0.25) is 11.3 Å². The lowest BCUT2D eigenvalue weighted by Gasteiger charge is -2.14. The first-order valence-corrected chi connectivity index (χ1v) is 8.81. The highest BCUT2D eigenvalue weighted by Crippen LogP contribution is 2.19. The topological polar surface area (TPSA) is 82.5 Å². The van der Waals surface area contributed by atoms with Gasteiger partial charge >= 0.3 is 0 Å². The molecule has 28 heavy (non-hydrogen) atoms. The molecule has 7 heteroatoms. The van der Waals surface area contributed by atoms with Crippen LogP contribution in [0.5, 0.6) is 11.6 Å². The zero-order valence-corrected chi connectivity index (χ0v) is 15.9. The molecule has 0 aliphatic carbocycles. The van der Waals surface area contributed by atoms with Crippen molar-refractivity contribution in [1.82, 2.24) is 9.78 Å². The van der Waals surface area contributed by atoms with Gasteiger partial charge in [-0.3, -0.25) is 9.59 Å². The number of carbonyl (C=O) groups is 1. The van der Waals surface area contributed by atoms with E-state index in [0.717, 1.165) is 5.56 Å². The number of carbonyl (C=O) groups excluding carboxylic acids is 1. The average molecular weight is 379 g/mol. The van der Waals surface area contributed by atoms with Crippen molar-refractivity contribution >= 4 is 11.6 Å². The molecule has 3 rings (SSSR count). The molecule has 0 atom stereocenters. The summed E-state index contributed by atoms with van der Waals surface area (Å²) in [6, 6.07) is 15.7. The lowest BCUT2D eigenvalue weighted by atomic mass is 10.2. The summed E-state index contributed by atoms with van der Waals surface area (Å²) in [5.74, 6) is 0.256. The molecule has 7 nitrogen and oxygen atoms in total. The quantitative estimate of drug-likeness (QED) is 0.711. The van der Waals surface area contributed by atoms with Crippen LogP contribution in [0.15, 0.2) is 59.4 Å². The van der Waals surface area contributed by atoms with Gasteiger partial charge in [-0.15, -0.1) is 0 Å². The number of benzene rings is 2. The molecule has 0 unspecified atom stereocenters. The Bertz CT molecular complexity index is 1040. The van der Waals surface area contributed by atoms with Crippen LogP contribution in [-0.2, 0) is 0 Å². The maximum atomic E-state index is 12.7. The summed E-state index contributed by atoms with van der Waals surface area (Å²) in [6.45, 7) is 4.15. The van der Waals surface area contributed by atoms with Crippen molar-refractivity contribution in [2.75, 3.05) is 19.0 Å². The number of ether oxygens (including phenoxy) is 2. The Morgan fingerprint density at radius 1 is 1.14 bits per heavy atom. The fourth-order valence-corrected chi connectivity index (χ4v) is 2.61. The number of nitrogens with one attached hydrogen (secondary N) is 1. The molecule has 3 aromatic rings. The van der Waals surface area contributed by atoms with Crippen LogP contribution >= 0.6 is 0 Å². The van der Waals surface area contributed by atoms with Gasteiger partial charge in [0.15, 0.2) is 5.69 Å². The minimum Gasteiger partial charge on any atom is -0.497 e. The average Bonchev–Trinajstić information content (AvgIpc) is 2.69. The minimum absolute atomic E-state index is 0.230. The number of amides is 1. The molecular weight excluding hydrogens is 358 g/mol. The molecule has 0 bridgehead atoms. The summed E-state index contributed by atoms with van der Waals surface area (Å²) < 4.78 is 12.1. The van der Waals surface area contributed by atoms with E-state index in [1.54, 1.807) is 24.3 Å². The Morgan fingerprint density at radius 3 is 2.57 bits per heavy atom. The van der Waals surface area contributed by atoms with Crippen molar-refractivity contribution in [2.45, 2.75) is 13.8 Å². The monoisotopic (exact) mass is 379 g/mol. The van der Waals surface area contributed by atoms with Crippen molar-refractivity contribution in [3.8, 4) is 17.3 Å². The molecule has 0 aliphatic heterocycles. The molecule has 1 aromatic heterocycles. The Labute approximate surface area is 162 Å². The summed E-state index contributed by atoms with van der Waals surface area (Å²) in [5, 5.41) is 6.94. The highest BCUT2D eigenvalue weighted by Gasteiger charge is 2.18. The largest absolute Gasteiger partial charge is 0.497 e. The number of hydrogen-bond acceptors (Lipinski definition) is 5. The highest BCUT2D eigenvalue weighted by molar-refractivity contribution is 6.02. The molecule has 144 valence electrons. The first kappa shape index (κ1) is 19.2. The van der Waals surface area contributed by atoms with Gasteiger partial charge in [0.25, 0.3) is 5.91 Å². The lowest BCUT2D eigenvalue weighted by Crippen LogP contribution is -2.26. The fourth-order valence-electron chi connectivity index (χ4n) is 2.61. The first-order chi connectivity index (χ1) is 13.5. The molecule has 0 radical (unpaired) electrons. The second-order valence-electron chi connectivity index (χ2n) is 6.06. The lowest BCUT2D eigenvalue weighted by molar-refractivity contribution is 0.101. The van der Waals surface area contributed by atoms with Crippen molar-refractivity contribution in [2.24, 2.45) is 0 Å². The number of hydrogen-bond donors (Lipinski definition) is 1. The normalized spacial score (nSPS) is 10.4. The van der Waals surface area contributed by atoms with Crippen molar-refractivity contribution in [1.29, 1.82) is 0 Å². The van der Waals surface area contributed by atoms with Gasteiger partial charge in [0.1, 0.15) is 5.75 Å². The van der Waals surface area contributed by atoms with Gasteiger partial charge in [-0.25, -0.2) is 4.68 Å². The predicted octanol–water partition coefficient (Wildman–Crippen LogP) is 3.20. The number of nitrogens with zero attached hydrogens (tertiary/aromatic N) is 2. The molecule has 1 amide bonds. The SMILES string of the molecule is CCOc1cc(=O)c(C(=O)Nc2cccc(OC)c2)nn1-c1ccc(C)cc1. The maximum absolute atomic E-state index is 12.7. The molecule has 0 spiro atoms. The smallest absolute Gasteiger partial charge is 0.280 e. The molecule has 2 aromatic carbocycles. The molecule has 1 N–H and O–H groups in total. The van der Waals surface area contributed by atoms with Gasteiger partial charge < -0.3 is 14.8 Å². The third-order valence-electron chi connectivity index (χ3n) is 4.01. The Balaban J connectivity index is 2.00. The third-order valence-corrected chi connectivity index (χ3v) is 4.01. The number of aromatic nitrogens is 2. The standard InChI is InChI=1S/C21H21N3O4/c1-4-28-19-13-18(25)20(23-24(19)16-10-8-14(2)9-11-16)21(26)22-15-6-5-7-17(12-15)27-3/h5-13H,4H2,1-3H3,(H,22,26). The molecule has 0 saturated carbocycles. The number of methoxy groups -OCH3 is 1. The van der Waals surface area contributed by atoms with E-state index in [1.165, 1.54) is 17.9 Å². The molecule has 0 aliphatic rings. The Kier molecular flexibility index (Phi) is 5.74. The number of rotatable bonds is 6. The third kappa shape index (κ3) is 4.20.